The maximum Gasteiger partial charge on any atom is 0.472 e. The normalized spacial score (nSPS) is 14.3. The van der Waals surface area contributed by atoms with Gasteiger partial charge in [-0.3, -0.25) is 37.3 Å². The molecule has 0 fully saturated rings. The fourth-order valence-corrected chi connectivity index (χ4v) is 11.9. The molecule has 0 aromatic rings. The van der Waals surface area contributed by atoms with E-state index in [9.17, 15) is 43.2 Å². The summed E-state index contributed by atoms with van der Waals surface area (Å²) in [6, 6.07) is 0. The van der Waals surface area contributed by atoms with E-state index in [-0.39, 0.29) is 25.7 Å². The Kier molecular flexibility index (Phi) is 60.7. The molecule has 536 valence electrons. The molecule has 2 unspecified atom stereocenters. The zero-order valence-electron chi connectivity index (χ0n) is 58.8. The van der Waals surface area contributed by atoms with Crippen molar-refractivity contribution in [1.29, 1.82) is 0 Å². The van der Waals surface area contributed by atoms with Crippen molar-refractivity contribution in [3.63, 3.8) is 0 Å². The van der Waals surface area contributed by atoms with Crippen LogP contribution in [0.3, 0.4) is 0 Å². The van der Waals surface area contributed by atoms with E-state index in [0.29, 0.717) is 31.6 Å². The van der Waals surface area contributed by atoms with Crippen LogP contribution >= 0.6 is 15.6 Å². The lowest BCUT2D eigenvalue weighted by molar-refractivity contribution is -0.161. The van der Waals surface area contributed by atoms with Gasteiger partial charge in [-0.25, -0.2) is 9.13 Å². The number of aliphatic hydroxyl groups is 1. The topological polar surface area (TPSA) is 237 Å². The summed E-state index contributed by atoms with van der Waals surface area (Å²) in [4.78, 5) is 72.6. The van der Waals surface area contributed by atoms with E-state index in [4.69, 9.17) is 37.0 Å². The van der Waals surface area contributed by atoms with Crippen molar-refractivity contribution < 1.29 is 80.2 Å². The molecule has 0 aliphatic carbocycles. The van der Waals surface area contributed by atoms with Gasteiger partial charge in [0.25, 0.3) is 0 Å². The van der Waals surface area contributed by atoms with Crippen LogP contribution in [0.5, 0.6) is 0 Å². The van der Waals surface area contributed by atoms with E-state index >= 15 is 0 Å². The summed E-state index contributed by atoms with van der Waals surface area (Å²) in [7, 11) is -9.92. The second kappa shape index (κ2) is 62.4. The number of hydrogen-bond acceptors (Lipinski definition) is 15. The molecular weight excluding hydrogens is 1200 g/mol. The molecule has 0 bridgehead atoms. The minimum atomic E-state index is -4.96. The predicted octanol–water partition coefficient (Wildman–Crippen LogP) is 20.2. The Morgan fingerprint density at radius 3 is 0.890 bits per heavy atom. The zero-order valence-corrected chi connectivity index (χ0v) is 60.6. The van der Waals surface area contributed by atoms with Crippen molar-refractivity contribution in [3.8, 4) is 0 Å². The number of rotatable bonds is 68. The van der Waals surface area contributed by atoms with Crippen molar-refractivity contribution in [2.24, 2.45) is 17.8 Å². The van der Waals surface area contributed by atoms with Gasteiger partial charge in [0, 0.05) is 25.7 Å². The molecule has 5 atom stereocenters. The van der Waals surface area contributed by atoms with E-state index in [1.165, 1.54) is 122 Å². The lowest BCUT2D eigenvalue weighted by Gasteiger charge is -2.21. The Morgan fingerprint density at radius 2 is 0.593 bits per heavy atom. The van der Waals surface area contributed by atoms with Crippen molar-refractivity contribution >= 4 is 39.5 Å². The first kappa shape index (κ1) is 88.5. The number of phosphoric ester groups is 2. The first-order valence-electron chi connectivity index (χ1n) is 36.7. The summed E-state index contributed by atoms with van der Waals surface area (Å²) in [6.07, 6.45) is 49.6. The van der Waals surface area contributed by atoms with Gasteiger partial charge in [0.05, 0.1) is 26.4 Å². The van der Waals surface area contributed by atoms with Gasteiger partial charge in [-0.1, -0.05) is 285 Å². The van der Waals surface area contributed by atoms with E-state index in [2.05, 4.69) is 72.8 Å². The molecule has 0 aliphatic rings. The third kappa shape index (κ3) is 66.0. The number of unbranched alkanes of at least 4 members (excludes halogenated alkanes) is 33. The highest BCUT2D eigenvalue weighted by atomic mass is 31.2. The van der Waals surface area contributed by atoms with Crippen molar-refractivity contribution in [1.82, 2.24) is 0 Å². The molecule has 0 amide bonds. The molecule has 0 aromatic carbocycles. The Labute approximate surface area is 554 Å². The van der Waals surface area contributed by atoms with Crippen LogP contribution in [0, 0.1) is 17.8 Å². The molecule has 0 saturated carbocycles. The summed E-state index contributed by atoms with van der Waals surface area (Å²) >= 11 is 0. The molecular formula is C72H136O17P2. The van der Waals surface area contributed by atoms with Crippen LogP contribution in [0.4, 0.5) is 0 Å². The monoisotopic (exact) mass is 1330 g/mol. The van der Waals surface area contributed by atoms with Gasteiger partial charge < -0.3 is 33.8 Å². The molecule has 17 nitrogen and oxygen atoms in total. The second-order valence-corrected chi connectivity index (χ2v) is 29.6. The molecule has 0 rings (SSSR count). The fourth-order valence-electron chi connectivity index (χ4n) is 10.4. The van der Waals surface area contributed by atoms with Gasteiger partial charge in [-0.2, -0.15) is 0 Å². The van der Waals surface area contributed by atoms with E-state index < -0.39 is 97.5 Å². The number of ether oxygens (including phenoxy) is 4. The molecule has 91 heavy (non-hydrogen) atoms. The van der Waals surface area contributed by atoms with Gasteiger partial charge >= 0.3 is 39.5 Å². The first-order chi connectivity index (χ1) is 43.7. The van der Waals surface area contributed by atoms with Crippen molar-refractivity contribution in [2.45, 2.75) is 356 Å². The largest absolute Gasteiger partial charge is 0.472 e. The number of hydrogen-bond donors (Lipinski definition) is 3. The average Bonchev–Trinajstić information content (AvgIpc) is 3.14. The van der Waals surface area contributed by atoms with Crippen LogP contribution in [0.25, 0.3) is 0 Å². The summed E-state index contributed by atoms with van der Waals surface area (Å²) in [5.74, 6) is 0.0291. The zero-order chi connectivity index (χ0) is 67.3. The second-order valence-electron chi connectivity index (χ2n) is 26.7. The number of phosphoric acid groups is 2. The van der Waals surface area contributed by atoms with Crippen LogP contribution in [0.1, 0.15) is 337 Å². The highest BCUT2D eigenvalue weighted by molar-refractivity contribution is 7.47. The fraction of sp³-hybridized carbons (Fsp3) is 0.889. The van der Waals surface area contributed by atoms with Gasteiger partial charge in [-0.05, 0) is 69.1 Å². The smallest absolute Gasteiger partial charge is 0.462 e. The molecule has 19 heteroatoms. The minimum Gasteiger partial charge on any atom is -0.462 e. The summed E-state index contributed by atoms with van der Waals surface area (Å²) in [5, 5.41) is 10.6. The number of allylic oxidation sites excluding steroid dienone is 4. The molecule has 0 heterocycles. The van der Waals surface area contributed by atoms with Crippen LogP contribution in [0.15, 0.2) is 24.3 Å². The Bertz CT molecular complexity index is 1880. The SMILES string of the molecule is CCCCCC/C=C\C=C/CCCCCCCC(=O)O[C@H](COC(=O)CCCCCCCCCCC(C)C)COP(=O)(O)OC[C@@H](O)COP(=O)(O)OC[C@@H](COC(=O)CCCCCCCCC(C)C)OC(=O)CCCCCCCCCCCCCCCC(C)C. The molecule has 0 aliphatic heterocycles. The summed E-state index contributed by atoms with van der Waals surface area (Å²) in [6.45, 7) is 11.7. The maximum atomic E-state index is 13.0. The lowest BCUT2D eigenvalue weighted by Crippen LogP contribution is -2.30. The van der Waals surface area contributed by atoms with Crippen LogP contribution in [0.2, 0.25) is 0 Å². The number of esters is 4. The van der Waals surface area contributed by atoms with Gasteiger partial charge in [-0.15, -0.1) is 0 Å². The number of carbonyl (C=O) groups is 4. The Morgan fingerprint density at radius 1 is 0.341 bits per heavy atom. The number of carbonyl (C=O) groups excluding carboxylic acids is 4. The Balaban J connectivity index is 5.27. The molecule has 0 aromatic heterocycles. The highest BCUT2D eigenvalue weighted by Crippen LogP contribution is 2.45. The highest BCUT2D eigenvalue weighted by Gasteiger charge is 2.30. The minimum absolute atomic E-state index is 0.0840. The number of aliphatic hydroxyl groups excluding tert-OH is 1. The lowest BCUT2D eigenvalue weighted by atomic mass is 10.0. The van der Waals surface area contributed by atoms with Crippen LogP contribution < -0.4 is 0 Å². The molecule has 0 radical (unpaired) electrons. The third-order valence-corrected chi connectivity index (χ3v) is 17.9. The standard InChI is InChI=1S/C72H136O17P2/c1-8-9-10-11-12-13-14-15-16-19-22-25-32-41-48-55-71(76)88-67(59-82-69(74)53-46-39-31-28-27-30-37-44-51-64(4)5)61-86-90(78,79)84-57-66(73)58-85-91(80,81)87-62-68(60-83-70(75)54-47-40-35-34-38-45-52-65(6)7)89-72(77)56-49-42-33-26-23-20-17-18-21-24-29-36-43-50-63(2)3/h13-16,63-68,73H,8-12,17-62H2,1-7H3,(H,78,79)(H,80,81)/b14-13-,16-15-/t66-,67-,68-/m1/s1. The van der Waals surface area contributed by atoms with Gasteiger partial charge in [0.15, 0.2) is 12.2 Å². The van der Waals surface area contributed by atoms with Crippen molar-refractivity contribution in [3.05, 3.63) is 24.3 Å². The molecule has 0 spiro atoms. The van der Waals surface area contributed by atoms with Gasteiger partial charge in [0.2, 0.25) is 0 Å². The van der Waals surface area contributed by atoms with Crippen LogP contribution in [-0.2, 0) is 65.4 Å². The maximum absolute atomic E-state index is 13.0. The summed E-state index contributed by atoms with van der Waals surface area (Å²) in [5.41, 5.74) is 0. The quantitative estimate of drug-likeness (QED) is 0.0169. The van der Waals surface area contributed by atoms with E-state index in [1.807, 2.05) is 0 Å². The van der Waals surface area contributed by atoms with Gasteiger partial charge in [0.1, 0.15) is 19.3 Å². The predicted molar refractivity (Wildman–Crippen MR) is 367 cm³/mol. The third-order valence-electron chi connectivity index (χ3n) is 16.0. The molecule has 0 saturated heterocycles. The first-order valence-corrected chi connectivity index (χ1v) is 39.7. The van der Waals surface area contributed by atoms with E-state index in [1.54, 1.807) is 0 Å². The average molecular weight is 1340 g/mol. The Hall–Kier alpha value is -2.46. The summed E-state index contributed by atoms with van der Waals surface area (Å²) < 4.78 is 68.3. The van der Waals surface area contributed by atoms with E-state index in [0.717, 1.165) is 127 Å². The van der Waals surface area contributed by atoms with Crippen LogP contribution in [-0.4, -0.2) is 96.7 Å². The molecule has 3 N–H and O–H groups in total. The van der Waals surface area contributed by atoms with Crippen molar-refractivity contribution in [2.75, 3.05) is 39.6 Å².